The van der Waals surface area contributed by atoms with E-state index in [2.05, 4.69) is 5.32 Å². The largest absolute Gasteiger partial charge is 0.508 e. The van der Waals surface area contributed by atoms with Gasteiger partial charge in [-0.25, -0.2) is 0 Å². The van der Waals surface area contributed by atoms with Crippen LogP contribution in [0.5, 0.6) is 5.75 Å². The first-order chi connectivity index (χ1) is 8.74. The van der Waals surface area contributed by atoms with Crippen LogP contribution in [0.15, 0.2) is 48.5 Å². The third kappa shape index (κ3) is 1.84. The normalized spacial score (nSPS) is 18.0. The molecule has 2 N–H and O–H groups in total. The van der Waals surface area contributed by atoms with Crippen molar-refractivity contribution < 1.29 is 9.90 Å². The van der Waals surface area contributed by atoms with E-state index in [0.29, 0.717) is 12.1 Å². The first-order valence-electron chi connectivity index (χ1n) is 5.92. The maximum Gasteiger partial charge on any atom is 0.225 e. The van der Waals surface area contributed by atoms with Gasteiger partial charge in [0.05, 0.1) is 0 Å². The van der Waals surface area contributed by atoms with Gasteiger partial charge in [-0.1, -0.05) is 36.4 Å². The van der Waals surface area contributed by atoms with Crippen molar-refractivity contribution >= 4 is 11.6 Å². The molecule has 3 heteroatoms. The van der Waals surface area contributed by atoms with Crippen molar-refractivity contribution in [2.75, 3.05) is 5.32 Å². The lowest BCUT2D eigenvalue weighted by atomic mass is 9.85. The van der Waals surface area contributed by atoms with Gasteiger partial charge < -0.3 is 10.4 Å². The Kier molecular flexibility index (Phi) is 2.52. The van der Waals surface area contributed by atoms with Gasteiger partial charge in [-0.15, -0.1) is 0 Å². The Hall–Kier alpha value is -2.29. The van der Waals surface area contributed by atoms with E-state index in [4.69, 9.17) is 0 Å². The third-order valence-electron chi connectivity index (χ3n) is 3.28. The molecule has 2 aromatic carbocycles. The quantitative estimate of drug-likeness (QED) is 0.804. The van der Waals surface area contributed by atoms with Crippen LogP contribution in [-0.2, 0) is 4.79 Å². The van der Waals surface area contributed by atoms with Crippen LogP contribution in [0.25, 0.3) is 0 Å². The van der Waals surface area contributed by atoms with Gasteiger partial charge in [-0.3, -0.25) is 4.79 Å². The third-order valence-corrected chi connectivity index (χ3v) is 3.28. The van der Waals surface area contributed by atoms with Crippen LogP contribution >= 0.6 is 0 Å². The first kappa shape index (κ1) is 10.8. The highest BCUT2D eigenvalue weighted by Gasteiger charge is 2.26. The van der Waals surface area contributed by atoms with Gasteiger partial charge >= 0.3 is 0 Å². The molecule has 90 valence electrons. The summed E-state index contributed by atoms with van der Waals surface area (Å²) in [7, 11) is 0. The number of carbonyl (C=O) groups excluding carboxylic acids is 1. The zero-order valence-electron chi connectivity index (χ0n) is 9.76. The lowest BCUT2D eigenvalue weighted by Crippen LogP contribution is -2.23. The van der Waals surface area contributed by atoms with E-state index in [1.807, 2.05) is 36.4 Å². The van der Waals surface area contributed by atoms with Gasteiger partial charge in [-0.05, 0) is 17.2 Å². The van der Waals surface area contributed by atoms with Crippen molar-refractivity contribution in [2.24, 2.45) is 0 Å². The summed E-state index contributed by atoms with van der Waals surface area (Å²) in [6, 6.07) is 15.1. The van der Waals surface area contributed by atoms with E-state index in [1.54, 1.807) is 12.1 Å². The van der Waals surface area contributed by atoms with Gasteiger partial charge in [0.15, 0.2) is 0 Å². The average Bonchev–Trinajstić information content (AvgIpc) is 2.38. The number of fused-ring (bicyclic) bond motifs is 1. The smallest absolute Gasteiger partial charge is 0.225 e. The number of hydrogen-bond acceptors (Lipinski definition) is 2. The number of phenolic OH excluding ortho intramolecular Hbond substituents is 1. The lowest BCUT2D eigenvalue weighted by molar-refractivity contribution is -0.116. The van der Waals surface area contributed by atoms with Crippen molar-refractivity contribution in [1.82, 2.24) is 0 Å². The maximum absolute atomic E-state index is 11.7. The highest BCUT2D eigenvalue weighted by Crippen LogP contribution is 2.38. The molecule has 0 saturated heterocycles. The monoisotopic (exact) mass is 239 g/mol. The average molecular weight is 239 g/mol. The fourth-order valence-electron chi connectivity index (χ4n) is 2.44. The Morgan fingerprint density at radius 2 is 1.89 bits per heavy atom. The highest BCUT2D eigenvalue weighted by molar-refractivity contribution is 5.95. The molecule has 1 heterocycles. The summed E-state index contributed by atoms with van der Waals surface area (Å²) in [5.41, 5.74) is 2.89. The van der Waals surface area contributed by atoms with E-state index in [0.717, 1.165) is 11.1 Å². The molecule has 0 spiro atoms. The number of carbonyl (C=O) groups is 1. The minimum Gasteiger partial charge on any atom is -0.508 e. The Morgan fingerprint density at radius 1 is 1.11 bits per heavy atom. The fraction of sp³-hybridized carbons (Fsp3) is 0.133. The van der Waals surface area contributed by atoms with Crippen LogP contribution in [0.3, 0.4) is 0 Å². The van der Waals surface area contributed by atoms with Crippen molar-refractivity contribution in [1.29, 1.82) is 0 Å². The molecule has 0 unspecified atom stereocenters. The number of phenols is 1. The molecule has 0 radical (unpaired) electrons. The second-order valence-electron chi connectivity index (χ2n) is 4.49. The minimum atomic E-state index is -0.0121. The van der Waals surface area contributed by atoms with Gasteiger partial charge in [0, 0.05) is 24.1 Å². The number of hydrogen-bond donors (Lipinski definition) is 2. The number of nitrogens with one attached hydrogen (secondary N) is 1. The summed E-state index contributed by atoms with van der Waals surface area (Å²) in [6.45, 7) is 0. The summed E-state index contributed by atoms with van der Waals surface area (Å²) >= 11 is 0. The molecular weight excluding hydrogens is 226 g/mol. The number of benzene rings is 2. The zero-order chi connectivity index (χ0) is 12.5. The Balaban J connectivity index is 2.10. The van der Waals surface area contributed by atoms with Crippen LogP contribution in [0.2, 0.25) is 0 Å². The predicted molar refractivity (Wildman–Crippen MR) is 69.6 cm³/mol. The summed E-state index contributed by atoms with van der Waals surface area (Å²) in [5, 5.41) is 12.3. The van der Waals surface area contributed by atoms with Crippen molar-refractivity contribution in [2.45, 2.75) is 12.3 Å². The van der Waals surface area contributed by atoms with Crippen molar-refractivity contribution in [3.05, 3.63) is 59.7 Å². The Bertz CT molecular complexity index is 593. The second-order valence-corrected chi connectivity index (χ2v) is 4.49. The van der Waals surface area contributed by atoms with E-state index in [-0.39, 0.29) is 17.6 Å². The van der Waals surface area contributed by atoms with Gasteiger partial charge in [-0.2, -0.15) is 0 Å². The Labute approximate surface area is 105 Å². The first-order valence-corrected chi connectivity index (χ1v) is 5.92. The number of anilines is 1. The highest BCUT2D eigenvalue weighted by atomic mass is 16.3. The number of amides is 1. The summed E-state index contributed by atoms with van der Waals surface area (Å²) in [5.74, 6) is 0.222. The molecule has 3 rings (SSSR count). The van der Waals surface area contributed by atoms with Crippen LogP contribution in [-0.4, -0.2) is 11.0 Å². The van der Waals surface area contributed by atoms with Crippen molar-refractivity contribution in [3.63, 3.8) is 0 Å². The molecular formula is C15H13NO2. The van der Waals surface area contributed by atoms with E-state index < -0.39 is 0 Å². The predicted octanol–water partition coefficient (Wildman–Crippen LogP) is 2.87. The lowest BCUT2D eigenvalue weighted by Gasteiger charge is -2.26. The summed E-state index contributed by atoms with van der Waals surface area (Å²) in [6.07, 6.45) is 0.446. The molecule has 3 nitrogen and oxygen atoms in total. The molecule has 0 aromatic heterocycles. The van der Waals surface area contributed by atoms with E-state index >= 15 is 0 Å². The molecule has 1 aliphatic rings. The van der Waals surface area contributed by atoms with Crippen LogP contribution in [0.4, 0.5) is 5.69 Å². The van der Waals surface area contributed by atoms with Crippen LogP contribution < -0.4 is 5.32 Å². The molecule has 0 saturated carbocycles. The topological polar surface area (TPSA) is 49.3 Å². The second kappa shape index (κ2) is 4.18. The van der Waals surface area contributed by atoms with Gasteiger partial charge in [0.25, 0.3) is 0 Å². The van der Waals surface area contributed by atoms with Crippen LogP contribution in [0.1, 0.15) is 23.5 Å². The molecule has 1 aliphatic heterocycles. The minimum absolute atomic E-state index is 0.0121. The maximum atomic E-state index is 11.7. The molecule has 0 bridgehead atoms. The summed E-state index contributed by atoms with van der Waals surface area (Å²) in [4.78, 5) is 11.7. The van der Waals surface area contributed by atoms with Gasteiger partial charge in [0.2, 0.25) is 5.91 Å². The summed E-state index contributed by atoms with van der Waals surface area (Å²) < 4.78 is 0. The molecule has 1 amide bonds. The van der Waals surface area contributed by atoms with E-state index in [9.17, 15) is 9.90 Å². The van der Waals surface area contributed by atoms with Crippen molar-refractivity contribution in [3.8, 4) is 5.75 Å². The molecule has 1 atom stereocenters. The standard InChI is InChI=1S/C15H13NO2/c17-11-6-7-12-13(10-4-2-1-3-5-10)9-15(18)16-14(12)8-11/h1-8,13,17H,9H2,(H,16,18)/t13-/m0/s1. The van der Waals surface area contributed by atoms with Crippen LogP contribution in [0, 0.1) is 0 Å². The zero-order valence-corrected chi connectivity index (χ0v) is 9.76. The molecule has 2 aromatic rings. The van der Waals surface area contributed by atoms with Gasteiger partial charge in [0.1, 0.15) is 5.75 Å². The molecule has 0 fully saturated rings. The van der Waals surface area contributed by atoms with E-state index in [1.165, 1.54) is 0 Å². The SMILES string of the molecule is O=C1C[C@@H](c2ccccc2)c2ccc(O)cc2N1. The fourth-order valence-corrected chi connectivity index (χ4v) is 2.44. The number of aromatic hydroxyl groups is 1. The molecule has 18 heavy (non-hydrogen) atoms. The molecule has 0 aliphatic carbocycles. The number of rotatable bonds is 1. The Morgan fingerprint density at radius 3 is 2.67 bits per heavy atom.